The third kappa shape index (κ3) is 2.96. The van der Waals surface area contributed by atoms with E-state index in [0.717, 1.165) is 5.69 Å². The number of aryl methyl sites for hydroxylation is 2. The van der Waals surface area contributed by atoms with Crippen molar-refractivity contribution in [3.63, 3.8) is 0 Å². The van der Waals surface area contributed by atoms with Crippen LogP contribution in [0.5, 0.6) is 0 Å². The predicted molar refractivity (Wildman–Crippen MR) is 63.0 cm³/mol. The summed E-state index contributed by atoms with van der Waals surface area (Å²) in [7, 11) is 1.79. The van der Waals surface area contributed by atoms with Gasteiger partial charge in [0, 0.05) is 25.7 Å². The quantitative estimate of drug-likeness (QED) is 0.295. The average molecular weight is 239 g/mol. The molecule has 94 valence electrons. The normalized spacial score (nSPS) is 11.6. The lowest BCUT2D eigenvalue weighted by molar-refractivity contribution is 0.0953. The van der Waals surface area contributed by atoms with Crippen molar-refractivity contribution in [2.24, 2.45) is 17.9 Å². The summed E-state index contributed by atoms with van der Waals surface area (Å²) in [5.74, 6) is -0.108. The summed E-state index contributed by atoms with van der Waals surface area (Å²) < 4.78 is 1.66. The van der Waals surface area contributed by atoms with E-state index in [1.165, 1.54) is 0 Å². The van der Waals surface area contributed by atoms with E-state index in [4.69, 9.17) is 10.9 Å². The van der Waals surface area contributed by atoms with Gasteiger partial charge in [0.05, 0.1) is 11.3 Å². The summed E-state index contributed by atoms with van der Waals surface area (Å²) in [5, 5.41) is 18.0. The van der Waals surface area contributed by atoms with Gasteiger partial charge in [-0.2, -0.15) is 5.10 Å². The standard InChI is InChI=1S/C10H17N5O2/c1-6-9(7(2)15(3)13-6)10(16)12-5-4-8(11)14-17/h17H,4-5H2,1-3H3,(H2,11,14)(H,12,16). The van der Waals surface area contributed by atoms with Gasteiger partial charge in [0.2, 0.25) is 0 Å². The minimum absolute atomic E-state index is 0.0879. The van der Waals surface area contributed by atoms with Gasteiger partial charge in [-0.15, -0.1) is 0 Å². The Hall–Kier alpha value is -2.05. The molecule has 1 heterocycles. The first kappa shape index (κ1) is 13.0. The lowest BCUT2D eigenvalue weighted by Crippen LogP contribution is -2.28. The van der Waals surface area contributed by atoms with Crippen molar-refractivity contribution in [2.75, 3.05) is 6.54 Å². The highest BCUT2D eigenvalue weighted by molar-refractivity contribution is 5.96. The van der Waals surface area contributed by atoms with Crippen LogP contribution < -0.4 is 11.1 Å². The van der Waals surface area contributed by atoms with Crippen LogP contribution in [0.4, 0.5) is 0 Å². The maximum absolute atomic E-state index is 11.9. The number of nitrogens with two attached hydrogens (primary N) is 1. The summed E-state index contributed by atoms with van der Waals surface area (Å²) >= 11 is 0. The molecule has 0 aliphatic heterocycles. The van der Waals surface area contributed by atoms with Crippen molar-refractivity contribution < 1.29 is 10.0 Å². The second-order valence-electron chi connectivity index (χ2n) is 3.77. The summed E-state index contributed by atoms with van der Waals surface area (Å²) in [4.78, 5) is 11.9. The van der Waals surface area contributed by atoms with E-state index in [9.17, 15) is 4.79 Å². The highest BCUT2D eigenvalue weighted by Crippen LogP contribution is 2.11. The largest absolute Gasteiger partial charge is 0.409 e. The zero-order valence-corrected chi connectivity index (χ0v) is 10.2. The van der Waals surface area contributed by atoms with Crippen molar-refractivity contribution in [1.82, 2.24) is 15.1 Å². The van der Waals surface area contributed by atoms with Gasteiger partial charge >= 0.3 is 0 Å². The molecule has 0 atom stereocenters. The molecule has 0 aliphatic rings. The molecule has 1 rings (SSSR count). The third-order valence-electron chi connectivity index (χ3n) is 2.53. The molecule has 17 heavy (non-hydrogen) atoms. The molecule has 7 nitrogen and oxygen atoms in total. The summed E-state index contributed by atoms with van der Waals surface area (Å²) in [5.41, 5.74) is 7.37. The number of carbonyl (C=O) groups is 1. The molecule has 4 N–H and O–H groups in total. The molecule has 0 fully saturated rings. The number of oxime groups is 1. The number of nitrogens with zero attached hydrogens (tertiary/aromatic N) is 3. The van der Waals surface area contributed by atoms with Gasteiger partial charge in [-0.1, -0.05) is 5.16 Å². The Bertz CT molecular complexity index is 450. The zero-order chi connectivity index (χ0) is 13.0. The highest BCUT2D eigenvalue weighted by Gasteiger charge is 2.16. The maximum atomic E-state index is 11.9. The van der Waals surface area contributed by atoms with Crippen LogP contribution in [-0.4, -0.2) is 33.3 Å². The molecule has 0 bridgehead atoms. The maximum Gasteiger partial charge on any atom is 0.255 e. The number of amides is 1. The number of carbonyl (C=O) groups excluding carboxylic acids is 1. The minimum atomic E-state index is -0.196. The fraction of sp³-hybridized carbons (Fsp3) is 0.500. The van der Waals surface area contributed by atoms with Crippen LogP contribution in [0.2, 0.25) is 0 Å². The van der Waals surface area contributed by atoms with Gasteiger partial charge in [-0.3, -0.25) is 9.48 Å². The molecule has 1 amide bonds. The molecule has 0 aliphatic carbocycles. The predicted octanol–water partition coefficient (Wildman–Crippen LogP) is -0.0968. The van der Waals surface area contributed by atoms with Crippen molar-refractivity contribution in [1.29, 1.82) is 0 Å². The second kappa shape index (κ2) is 5.33. The second-order valence-corrected chi connectivity index (χ2v) is 3.77. The molecule has 0 unspecified atom stereocenters. The Morgan fingerprint density at radius 3 is 2.71 bits per heavy atom. The number of hydrogen-bond acceptors (Lipinski definition) is 4. The van der Waals surface area contributed by atoms with E-state index >= 15 is 0 Å². The number of nitrogens with one attached hydrogen (secondary N) is 1. The van der Waals surface area contributed by atoms with Crippen molar-refractivity contribution >= 4 is 11.7 Å². The van der Waals surface area contributed by atoms with Crippen LogP contribution >= 0.6 is 0 Å². The third-order valence-corrected chi connectivity index (χ3v) is 2.53. The fourth-order valence-corrected chi connectivity index (χ4v) is 1.54. The molecular weight excluding hydrogens is 222 g/mol. The smallest absolute Gasteiger partial charge is 0.255 e. The molecule has 0 saturated carbocycles. The molecule has 0 radical (unpaired) electrons. The molecule has 0 spiro atoms. The Labute approximate surface area is 99.3 Å². The van der Waals surface area contributed by atoms with Crippen LogP contribution in [-0.2, 0) is 7.05 Å². The Morgan fingerprint density at radius 2 is 2.24 bits per heavy atom. The van der Waals surface area contributed by atoms with E-state index in [2.05, 4.69) is 15.6 Å². The fourth-order valence-electron chi connectivity index (χ4n) is 1.54. The summed E-state index contributed by atoms with van der Waals surface area (Å²) in [6, 6.07) is 0. The summed E-state index contributed by atoms with van der Waals surface area (Å²) in [6.45, 7) is 3.94. The number of hydrogen-bond donors (Lipinski definition) is 3. The van der Waals surface area contributed by atoms with Gasteiger partial charge in [-0.25, -0.2) is 0 Å². The van der Waals surface area contributed by atoms with Gasteiger partial charge in [-0.05, 0) is 13.8 Å². The first-order chi connectivity index (χ1) is 7.97. The lowest BCUT2D eigenvalue weighted by Gasteiger charge is -2.04. The molecule has 7 heteroatoms. The topological polar surface area (TPSA) is 106 Å². The molecular formula is C10H17N5O2. The molecule has 1 aromatic rings. The van der Waals surface area contributed by atoms with Gasteiger partial charge < -0.3 is 16.3 Å². The van der Waals surface area contributed by atoms with Crippen molar-refractivity contribution in [3.05, 3.63) is 17.0 Å². The van der Waals surface area contributed by atoms with Gasteiger partial charge in [0.25, 0.3) is 5.91 Å². The molecule has 1 aromatic heterocycles. The van der Waals surface area contributed by atoms with Crippen LogP contribution in [0.25, 0.3) is 0 Å². The Balaban J connectivity index is 2.65. The number of aromatic nitrogens is 2. The van der Waals surface area contributed by atoms with Crippen molar-refractivity contribution in [3.8, 4) is 0 Å². The average Bonchev–Trinajstić information content (AvgIpc) is 2.52. The van der Waals surface area contributed by atoms with Crippen LogP contribution in [0.15, 0.2) is 5.16 Å². The van der Waals surface area contributed by atoms with E-state index < -0.39 is 0 Å². The lowest BCUT2D eigenvalue weighted by atomic mass is 10.2. The van der Waals surface area contributed by atoms with Crippen LogP contribution in [0.3, 0.4) is 0 Å². The summed E-state index contributed by atoms with van der Waals surface area (Å²) in [6.07, 6.45) is 0.306. The molecule has 0 aromatic carbocycles. The van der Waals surface area contributed by atoms with E-state index in [0.29, 0.717) is 24.2 Å². The van der Waals surface area contributed by atoms with Crippen LogP contribution in [0, 0.1) is 13.8 Å². The van der Waals surface area contributed by atoms with E-state index in [1.54, 1.807) is 18.7 Å². The Morgan fingerprint density at radius 1 is 1.59 bits per heavy atom. The van der Waals surface area contributed by atoms with Gasteiger partial charge in [0.15, 0.2) is 0 Å². The van der Waals surface area contributed by atoms with Crippen LogP contribution in [0.1, 0.15) is 28.2 Å². The highest BCUT2D eigenvalue weighted by atomic mass is 16.4. The number of amidine groups is 1. The minimum Gasteiger partial charge on any atom is -0.409 e. The monoisotopic (exact) mass is 239 g/mol. The zero-order valence-electron chi connectivity index (χ0n) is 10.2. The van der Waals surface area contributed by atoms with Crippen molar-refractivity contribution in [2.45, 2.75) is 20.3 Å². The number of rotatable bonds is 4. The van der Waals surface area contributed by atoms with E-state index in [1.807, 2.05) is 6.92 Å². The molecule has 0 saturated heterocycles. The Kier molecular flexibility index (Phi) is 4.08. The SMILES string of the molecule is Cc1nn(C)c(C)c1C(=O)NCCC(N)=NO. The van der Waals surface area contributed by atoms with Gasteiger partial charge in [0.1, 0.15) is 5.84 Å². The van der Waals surface area contributed by atoms with E-state index in [-0.39, 0.29) is 11.7 Å². The first-order valence-corrected chi connectivity index (χ1v) is 5.22. The first-order valence-electron chi connectivity index (χ1n) is 5.22.